The van der Waals surface area contributed by atoms with E-state index in [0.29, 0.717) is 0 Å². The molecule has 0 aromatic heterocycles. The van der Waals surface area contributed by atoms with Crippen LogP contribution in [0.1, 0.15) is 18.4 Å². The van der Waals surface area contributed by atoms with Crippen molar-refractivity contribution in [2.45, 2.75) is 25.8 Å². The topological polar surface area (TPSA) is 32.5 Å². The predicted molar refractivity (Wildman–Crippen MR) is 74.5 cm³/mol. The van der Waals surface area contributed by atoms with Gasteiger partial charge in [0.05, 0.1) is 11.4 Å². The predicted octanol–water partition coefficient (Wildman–Crippen LogP) is 2.11. The van der Waals surface area contributed by atoms with Crippen LogP contribution in [0.25, 0.3) is 0 Å². The van der Waals surface area contributed by atoms with Crippen LogP contribution in [-0.2, 0) is 0 Å². The maximum atomic E-state index is 6.06. The molecule has 0 aliphatic carbocycles. The molecule has 2 N–H and O–H groups in total. The van der Waals surface area contributed by atoms with Crippen LogP contribution in [0.4, 0.5) is 11.4 Å². The molecule has 1 aromatic rings. The monoisotopic (exact) mass is 233 g/mol. The van der Waals surface area contributed by atoms with E-state index in [1.165, 1.54) is 24.1 Å². The zero-order chi connectivity index (χ0) is 12.4. The lowest BCUT2D eigenvalue weighted by atomic mass is 10.0. The highest BCUT2D eigenvalue weighted by molar-refractivity contribution is 5.68. The molecule has 0 unspecified atom stereocenters. The second kappa shape index (κ2) is 4.96. The summed E-state index contributed by atoms with van der Waals surface area (Å²) in [5.74, 6) is 0. The third-order valence-electron chi connectivity index (χ3n) is 3.72. The van der Waals surface area contributed by atoms with E-state index in [1.807, 2.05) is 6.07 Å². The van der Waals surface area contributed by atoms with Crippen LogP contribution in [0.2, 0.25) is 0 Å². The lowest BCUT2D eigenvalue weighted by molar-refractivity contribution is 0.250. The number of benzene rings is 1. The smallest absolute Gasteiger partial charge is 0.0602 e. The Kier molecular flexibility index (Phi) is 3.57. The first-order chi connectivity index (χ1) is 8.08. The van der Waals surface area contributed by atoms with Gasteiger partial charge < -0.3 is 15.5 Å². The second-order valence-electron chi connectivity index (χ2n) is 5.24. The molecule has 1 saturated heterocycles. The number of anilines is 2. The number of nitrogens with zero attached hydrogens (tertiary/aromatic N) is 2. The quantitative estimate of drug-likeness (QED) is 0.794. The number of hydrogen-bond donors (Lipinski definition) is 1. The summed E-state index contributed by atoms with van der Waals surface area (Å²) in [5.41, 5.74) is 9.46. The van der Waals surface area contributed by atoms with Crippen LogP contribution in [0.3, 0.4) is 0 Å². The van der Waals surface area contributed by atoms with E-state index in [2.05, 4.69) is 43.0 Å². The van der Waals surface area contributed by atoms with Crippen molar-refractivity contribution in [1.29, 1.82) is 0 Å². The van der Waals surface area contributed by atoms with E-state index in [9.17, 15) is 0 Å². The number of nitrogen functional groups attached to an aromatic ring is 1. The molecule has 0 bridgehead atoms. The van der Waals surface area contributed by atoms with Crippen LogP contribution in [0, 0.1) is 6.92 Å². The third-order valence-corrected chi connectivity index (χ3v) is 3.72. The Morgan fingerprint density at radius 3 is 2.47 bits per heavy atom. The lowest BCUT2D eigenvalue weighted by Gasteiger charge is -2.37. The molecule has 94 valence electrons. The third kappa shape index (κ3) is 2.72. The molecule has 0 saturated carbocycles. The van der Waals surface area contributed by atoms with Crippen molar-refractivity contribution < 1.29 is 0 Å². The lowest BCUT2D eigenvalue weighted by Crippen LogP contribution is -2.42. The average Bonchev–Trinajstić information content (AvgIpc) is 2.32. The zero-order valence-electron chi connectivity index (χ0n) is 11.1. The molecule has 17 heavy (non-hydrogen) atoms. The molecular weight excluding hydrogens is 210 g/mol. The highest BCUT2D eigenvalue weighted by Crippen LogP contribution is 2.27. The normalized spacial score (nSPS) is 17.8. The standard InChI is InChI=1S/C14H23N3/c1-11-4-5-13(15)14(10-11)17-8-6-12(7-9-17)16(2)3/h4-5,10,12H,6-9,15H2,1-3H3. The Labute approximate surface area is 104 Å². The summed E-state index contributed by atoms with van der Waals surface area (Å²) in [4.78, 5) is 4.75. The number of aryl methyl sites for hydroxylation is 1. The molecule has 0 amide bonds. The second-order valence-corrected chi connectivity index (χ2v) is 5.24. The molecule has 0 radical (unpaired) electrons. The summed E-state index contributed by atoms with van der Waals surface area (Å²) in [5, 5.41) is 0. The highest BCUT2D eigenvalue weighted by Gasteiger charge is 2.21. The van der Waals surface area contributed by atoms with Crippen LogP contribution in [0.15, 0.2) is 18.2 Å². The van der Waals surface area contributed by atoms with Gasteiger partial charge in [0.25, 0.3) is 0 Å². The van der Waals surface area contributed by atoms with Gasteiger partial charge in [-0.25, -0.2) is 0 Å². The van der Waals surface area contributed by atoms with Crippen molar-refractivity contribution >= 4 is 11.4 Å². The molecule has 3 nitrogen and oxygen atoms in total. The first-order valence-corrected chi connectivity index (χ1v) is 6.35. The van der Waals surface area contributed by atoms with Crippen LogP contribution in [0.5, 0.6) is 0 Å². The minimum absolute atomic E-state index is 0.720. The van der Waals surface area contributed by atoms with E-state index in [-0.39, 0.29) is 0 Å². The van der Waals surface area contributed by atoms with Gasteiger partial charge in [0, 0.05) is 19.1 Å². The molecule has 0 atom stereocenters. The van der Waals surface area contributed by atoms with Crippen molar-refractivity contribution in [3.63, 3.8) is 0 Å². The van der Waals surface area contributed by atoms with E-state index in [4.69, 9.17) is 5.73 Å². The summed E-state index contributed by atoms with van der Waals surface area (Å²) in [6, 6.07) is 7.01. The summed E-state index contributed by atoms with van der Waals surface area (Å²) in [6.45, 7) is 4.34. The maximum Gasteiger partial charge on any atom is 0.0602 e. The Bertz CT molecular complexity index is 379. The first-order valence-electron chi connectivity index (χ1n) is 6.35. The molecule has 1 fully saturated rings. The largest absolute Gasteiger partial charge is 0.397 e. The van der Waals surface area contributed by atoms with Crippen molar-refractivity contribution in [1.82, 2.24) is 4.90 Å². The minimum Gasteiger partial charge on any atom is -0.397 e. The van der Waals surface area contributed by atoms with Gasteiger partial charge in [-0.3, -0.25) is 0 Å². The highest BCUT2D eigenvalue weighted by atomic mass is 15.2. The summed E-state index contributed by atoms with van der Waals surface area (Å²) in [7, 11) is 4.34. The van der Waals surface area contributed by atoms with E-state index in [0.717, 1.165) is 24.8 Å². The molecule has 1 aromatic carbocycles. The molecule has 1 aliphatic rings. The number of piperidine rings is 1. The van der Waals surface area contributed by atoms with Gasteiger partial charge in [0.2, 0.25) is 0 Å². The fourth-order valence-electron chi connectivity index (χ4n) is 2.55. The van der Waals surface area contributed by atoms with Gasteiger partial charge in [-0.2, -0.15) is 0 Å². The fraction of sp³-hybridized carbons (Fsp3) is 0.571. The molecule has 3 heteroatoms. The molecular formula is C14H23N3. The summed E-state index contributed by atoms with van der Waals surface area (Å²) < 4.78 is 0. The van der Waals surface area contributed by atoms with Crippen molar-refractivity contribution in [2.24, 2.45) is 0 Å². The van der Waals surface area contributed by atoms with E-state index >= 15 is 0 Å². The van der Waals surface area contributed by atoms with Crippen molar-refractivity contribution in [3.8, 4) is 0 Å². The Morgan fingerprint density at radius 2 is 1.88 bits per heavy atom. The number of nitrogens with two attached hydrogens (primary N) is 1. The Hall–Kier alpha value is -1.22. The Balaban J connectivity index is 2.07. The van der Waals surface area contributed by atoms with Gasteiger partial charge >= 0.3 is 0 Å². The molecule has 1 heterocycles. The van der Waals surface area contributed by atoms with Gasteiger partial charge in [0.15, 0.2) is 0 Å². The first kappa shape index (κ1) is 12.2. The Morgan fingerprint density at radius 1 is 1.24 bits per heavy atom. The van der Waals surface area contributed by atoms with Crippen LogP contribution < -0.4 is 10.6 Å². The minimum atomic E-state index is 0.720. The maximum absolute atomic E-state index is 6.06. The van der Waals surface area contributed by atoms with Crippen molar-refractivity contribution in [2.75, 3.05) is 37.8 Å². The fourth-order valence-corrected chi connectivity index (χ4v) is 2.55. The van der Waals surface area contributed by atoms with E-state index in [1.54, 1.807) is 0 Å². The van der Waals surface area contributed by atoms with Gasteiger partial charge in [0.1, 0.15) is 0 Å². The summed E-state index contributed by atoms with van der Waals surface area (Å²) >= 11 is 0. The van der Waals surface area contributed by atoms with Crippen LogP contribution >= 0.6 is 0 Å². The molecule has 2 rings (SSSR count). The van der Waals surface area contributed by atoms with E-state index < -0.39 is 0 Å². The molecule has 0 spiro atoms. The van der Waals surface area contributed by atoms with Crippen molar-refractivity contribution in [3.05, 3.63) is 23.8 Å². The SMILES string of the molecule is Cc1ccc(N)c(N2CCC(N(C)C)CC2)c1. The van der Waals surface area contributed by atoms with Gasteiger partial charge in [-0.15, -0.1) is 0 Å². The van der Waals surface area contributed by atoms with Gasteiger partial charge in [-0.1, -0.05) is 6.07 Å². The number of hydrogen-bond acceptors (Lipinski definition) is 3. The summed E-state index contributed by atoms with van der Waals surface area (Å²) in [6.07, 6.45) is 2.45. The van der Waals surface area contributed by atoms with Gasteiger partial charge in [-0.05, 0) is 51.6 Å². The number of rotatable bonds is 2. The average molecular weight is 233 g/mol. The molecule has 1 aliphatic heterocycles. The van der Waals surface area contributed by atoms with Crippen LogP contribution in [-0.4, -0.2) is 38.1 Å². The zero-order valence-corrected chi connectivity index (χ0v) is 11.1.